The third-order valence-corrected chi connectivity index (χ3v) is 2.76. The van der Waals surface area contributed by atoms with E-state index in [0.29, 0.717) is 10.7 Å². The summed E-state index contributed by atoms with van der Waals surface area (Å²) < 4.78 is 0. The lowest BCUT2D eigenvalue weighted by molar-refractivity contribution is 0.619. The maximum Gasteiger partial charge on any atom is 0.132 e. The second-order valence-electron chi connectivity index (χ2n) is 3.31. The third-order valence-electron chi connectivity index (χ3n) is 2.13. The van der Waals surface area contributed by atoms with Gasteiger partial charge in [-0.05, 0) is 18.9 Å². The minimum atomic E-state index is 0.417. The van der Waals surface area contributed by atoms with Gasteiger partial charge in [0, 0.05) is 23.1 Å². The molecule has 0 N–H and O–H groups in total. The van der Waals surface area contributed by atoms with Crippen LogP contribution in [0.1, 0.15) is 37.6 Å². The van der Waals surface area contributed by atoms with E-state index in [9.17, 15) is 0 Å². The third kappa shape index (κ3) is 2.76. The molecule has 0 amide bonds. The highest BCUT2D eigenvalue weighted by Crippen LogP contribution is 2.24. The number of aryl methyl sites for hydroxylation is 1. The smallest absolute Gasteiger partial charge is 0.132 e. The Hall–Kier alpha value is -0.440. The molecule has 0 saturated carbocycles. The molecule has 0 aromatic carbocycles. The highest BCUT2D eigenvalue weighted by molar-refractivity contribution is 9.09. The zero-order chi connectivity index (χ0) is 9.84. The van der Waals surface area contributed by atoms with E-state index >= 15 is 0 Å². The monoisotopic (exact) mass is 242 g/mol. The van der Waals surface area contributed by atoms with Crippen molar-refractivity contribution in [1.82, 2.24) is 9.97 Å². The Morgan fingerprint density at radius 1 is 1.38 bits per heavy atom. The number of hydrogen-bond donors (Lipinski definition) is 0. The first kappa shape index (κ1) is 10.6. The van der Waals surface area contributed by atoms with Crippen LogP contribution in [-0.4, -0.2) is 14.8 Å². The molecule has 1 heterocycles. The fraction of sp³-hybridized carbons (Fsp3) is 0.600. The lowest BCUT2D eigenvalue weighted by Gasteiger charge is -2.15. The van der Waals surface area contributed by atoms with Crippen LogP contribution in [0, 0.1) is 6.92 Å². The lowest BCUT2D eigenvalue weighted by atomic mass is 10.0. The topological polar surface area (TPSA) is 25.8 Å². The summed E-state index contributed by atoms with van der Waals surface area (Å²) in [6.07, 6.45) is 4.82. The molecule has 0 aliphatic carbocycles. The Balaban J connectivity index is 2.86. The van der Waals surface area contributed by atoms with Crippen molar-refractivity contribution in [1.29, 1.82) is 0 Å². The summed E-state index contributed by atoms with van der Waals surface area (Å²) in [6, 6.07) is 0. The Bertz CT molecular complexity index is 256. The van der Waals surface area contributed by atoms with E-state index < -0.39 is 0 Å². The van der Waals surface area contributed by atoms with E-state index in [2.05, 4.69) is 39.7 Å². The van der Waals surface area contributed by atoms with Crippen LogP contribution in [0.2, 0.25) is 0 Å². The second-order valence-corrected chi connectivity index (χ2v) is 4.76. The summed E-state index contributed by atoms with van der Waals surface area (Å²) in [7, 11) is 0. The first-order valence-electron chi connectivity index (χ1n) is 4.57. The van der Waals surface area contributed by atoms with Gasteiger partial charge < -0.3 is 0 Å². The molecular formula is C10H15BrN2. The van der Waals surface area contributed by atoms with Crippen molar-refractivity contribution in [3.63, 3.8) is 0 Å². The molecule has 2 nitrogen and oxygen atoms in total. The Labute approximate surface area is 87.9 Å². The van der Waals surface area contributed by atoms with Crippen molar-refractivity contribution < 1.29 is 0 Å². The molecule has 2 atom stereocenters. The highest BCUT2D eigenvalue weighted by atomic mass is 79.9. The van der Waals surface area contributed by atoms with E-state index in [-0.39, 0.29) is 0 Å². The van der Waals surface area contributed by atoms with Crippen LogP contribution in [0.15, 0.2) is 12.4 Å². The maximum absolute atomic E-state index is 4.33. The standard InChI is InChI=1S/C10H15BrN2/c1-4-9(8(3)11)10-12-5-7(2)6-13-10/h5-6,8-9H,4H2,1-3H3. The predicted octanol–water partition coefficient (Wildman–Crippen LogP) is 3.06. The lowest BCUT2D eigenvalue weighted by Crippen LogP contribution is -2.11. The molecular weight excluding hydrogens is 228 g/mol. The van der Waals surface area contributed by atoms with Gasteiger partial charge in [-0.2, -0.15) is 0 Å². The molecule has 3 heteroatoms. The normalized spacial score (nSPS) is 15.4. The number of hydrogen-bond acceptors (Lipinski definition) is 2. The fourth-order valence-corrected chi connectivity index (χ4v) is 1.92. The number of nitrogens with zero attached hydrogens (tertiary/aromatic N) is 2. The van der Waals surface area contributed by atoms with Crippen LogP contribution in [0.4, 0.5) is 0 Å². The highest BCUT2D eigenvalue weighted by Gasteiger charge is 2.17. The largest absolute Gasteiger partial charge is 0.241 e. The van der Waals surface area contributed by atoms with Gasteiger partial charge in [-0.15, -0.1) is 0 Å². The van der Waals surface area contributed by atoms with Crippen LogP contribution in [-0.2, 0) is 0 Å². The van der Waals surface area contributed by atoms with Crippen molar-refractivity contribution in [3.05, 3.63) is 23.8 Å². The van der Waals surface area contributed by atoms with E-state index in [1.54, 1.807) is 0 Å². The summed E-state index contributed by atoms with van der Waals surface area (Å²) in [4.78, 5) is 9.09. The van der Waals surface area contributed by atoms with Crippen molar-refractivity contribution in [2.75, 3.05) is 0 Å². The SMILES string of the molecule is CCC(c1ncc(C)cn1)C(C)Br. The maximum atomic E-state index is 4.33. The summed E-state index contributed by atoms with van der Waals surface area (Å²) in [6.45, 7) is 6.30. The van der Waals surface area contributed by atoms with Gasteiger partial charge in [-0.25, -0.2) is 9.97 Å². The molecule has 1 aromatic heterocycles. The molecule has 0 aliphatic heterocycles. The minimum absolute atomic E-state index is 0.417. The molecule has 0 radical (unpaired) electrons. The average Bonchev–Trinajstić information content (AvgIpc) is 2.09. The predicted molar refractivity (Wildman–Crippen MR) is 58.2 cm³/mol. The van der Waals surface area contributed by atoms with E-state index in [1.165, 1.54) is 0 Å². The molecule has 72 valence electrons. The summed E-state index contributed by atoms with van der Waals surface area (Å²) in [5.74, 6) is 1.36. The number of rotatable bonds is 3. The van der Waals surface area contributed by atoms with Gasteiger partial charge in [0.15, 0.2) is 0 Å². The van der Waals surface area contributed by atoms with Crippen LogP contribution in [0.5, 0.6) is 0 Å². The molecule has 0 fully saturated rings. The Morgan fingerprint density at radius 3 is 2.31 bits per heavy atom. The van der Waals surface area contributed by atoms with E-state index in [0.717, 1.165) is 17.8 Å². The van der Waals surface area contributed by atoms with Crippen LogP contribution < -0.4 is 0 Å². The molecule has 0 spiro atoms. The molecule has 13 heavy (non-hydrogen) atoms. The average molecular weight is 243 g/mol. The van der Waals surface area contributed by atoms with Crippen molar-refractivity contribution >= 4 is 15.9 Å². The quantitative estimate of drug-likeness (QED) is 0.762. The van der Waals surface area contributed by atoms with Crippen molar-refractivity contribution in [2.24, 2.45) is 0 Å². The van der Waals surface area contributed by atoms with Gasteiger partial charge in [0.1, 0.15) is 5.82 Å². The van der Waals surface area contributed by atoms with Crippen LogP contribution in [0.3, 0.4) is 0 Å². The molecule has 1 aromatic rings. The molecule has 0 aliphatic rings. The van der Waals surface area contributed by atoms with Gasteiger partial charge in [-0.1, -0.05) is 29.8 Å². The van der Waals surface area contributed by atoms with Gasteiger partial charge in [0.2, 0.25) is 0 Å². The summed E-state index contributed by atoms with van der Waals surface area (Å²) in [5.41, 5.74) is 1.11. The summed E-state index contributed by atoms with van der Waals surface area (Å²) >= 11 is 3.58. The van der Waals surface area contributed by atoms with Gasteiger partial charge in [0.25, 0.3) is 0 Å². The van der Waals surface area contributed by atoms with Crippen molar-refractivity contribution in [3.8, 4) is 0 Å². The Kier molecular flexibility index (Phi) is 3.85. The van der Waals surface area contributed by atoms with E-state index in [4.69, 9.17) is 0 Å². The minimum Gasteiger partial charge on any atom is -0.241 e. The zero-order valence-corrected chi connectivity index (χ0v) is 9.87. The molecule has 0 bridgehead atoms. The van der Waals surface area contributed by atoms with Crippen molar-refractivity contribution in [2.45, 2.75) is 37.9 Å². The second kappa shape index (κ2) is 4.70. The number of alkyl halides is 1. The van der Waals surface area contributed by atoms with Gasteiger partial charge in [-0.3, -0.25) is 0 Å². The van der Waals surface area contributed by atoms with Gasteiger partial charge in [0.05, 0.1) is 0 Å². The fourth-order valence-electron chi connectivity index (χ4n) is 1.31. The molecule has 0 saturated heterocycles. The Morgan fingerprint density at radius 2 is 1.92 bits per heavy atom. The summed E-state index contributed by atoms with van der Waals surface area (Å²) in [5, 5.41) is 0. The van der Waals surface area contributed by atoms with E-state index in [1.807, 2.05) is 19.3 Å². The molecule has 1 rings (SSSR count). The first-order valence-corrected chi connectivity index (χ1v) is 5.49. The molecule has 2 unspecified atom stereocenters. The van der Waals surface area contributed by atoms with Gasteiger partial charge >= 0.3 is 0 Å². The number of aromatic nitrogens is 2. The number of halogens is 1. The van der Waals surface area contributed by atoms with Crippen LogP contribution >= 0.6 is 15.9 Å². The zero-order valence-electron chi connectivity index (χ0n) is 8.29. The van der Waals surface area contributed by atoms with Crippen LogP contribution in [0.25, 0.3) is 0 Å². The first-order chi connectivity index (χ1) is 6.15.